The minimum Gasteiger partial charge on any atom is -0.746 e. The molecule has 8 nitrogen and oxygen atoms in total. The molecule has 0 saturated carbocycles. The molecule has 0 saturated heterocycles. The summed E-state index contributed by atoms with van der Waals surface area (Å²) >= 11 is 20.1. The largest absolute Gasteiger partial charge is 2.00 e. The predicted molar refractivity (Wildman–Crippen MR) is 76.7 cm³/mol. The van der Waals surface area contributed by atoms with Gasteiger partial charge in [-0.25, -0.2) is 0 Å². The fraction of sp³-hybridized carbons (Fsp3) is 0.333. The van der Waals surface area contributed by atoms with Gasteiger partial charge in [0.2, 0.25) is 0 Å². The average Bonchev–Trinajstić information content (AvgIpc) is 2.35. The van der Waals surface area contributed by atoms with Crippen LogP contribution in [0.3, 0.4) is 0 Å². The number of hydrogen-bond donors (Lipinski definition) is 0. The molecule has 0 N–H and O–H groups in total. The first kappa shape index (κ1) is 27.6. The molecule has 0 aromatic heterocycles. The van der Waals surface area contributed by atoms with Crippen molar-refractivity contribution in [1.29, 1.82) is 0 Å². The van der Waals surface area contributed by atoms with Gasteiger partial charge in [-0.3, -0.25) is 9.13 Å². The van der Waals surface area contributed by atoms with Gasteiger partial charge in [0.1, 0.15) is 21.5 Å². The molecule has 0 aliphatic heterocycles. The molecule has 0 amide bonds. The number of phosphoric acid groups is 2. The fourth-order valence-electron chi connectivity index (χ4n) is 0.295. The van der Waals surface area contributed by atoms with Gasteiger partial charge < -0.3 is 27.9 Å². The molecular formula is C6H8CaCl4O8P2. The molecular weight excluding hydrogens is 444 g/mol. The normalized spacial score (nSPS) is 14.9. The molecule has 120 valence electrons. The van der Waals surface area contributed by atoms with Gasteiger partial charge in [0.15, 0.2) is 0 Å². The maximum Gasteiger partial charge on any atom is 2.00 e. The Labute approximate surface area is 171 Å². The van der Waals surface area contributed by atoms with Crippen LogP contribution in [-0.2, 0) is 27.2 Å². The molecule has 0 fully saturated rings. The number of phosphoric ester groups is 2. The molecule has 2 unspecified atom stereocenters. The van der Waals surface area contributed by atoms with Gasteiger partial charge in [-0.1, -0.05) is 46.4 Å². The first-order valence-corrected chi connectivity index (χ1v) is 8.51. The molecule has 0 aromatic carbocycles. The van der Waals surface area contributed by atoms with Crippen LogP contribution in [-0.4, -0.2) is 52.0 Å². The number of rotatable bonds is 6. The second-order valence-electron chi connectivity index (χ2n) is 2.29. The third-order valence-electron chi connectivity index (χ3n) is 0.989. The van der Waals surface area contributed by atoms with Crippen LogP contribution in [0, 0.1) is 0 Å². The molecule has 0 spiro atoms. The van der Waals surface area contributed by atoms with Gasteiger partial charge in [0, 0.05) is 14.2 Å². The zero-order chi connectivity index (χ0) is 16.4. The predicted octanol–water partition coefficient (Wildman–Crippen LogP) is 2.41. The second-order valence-corrected chi connectivity index (χ2v) is 7.24. The quantitative estimate of drug-likeness (QED) is 0.343. The molecule has 15 heteroatoms. The average molecular weight is 452 g/mol. The van der Waals surface area contributed by atoms with Gasteiger partial charge in [0.25, 0.3) is 0 Å². The Balaban J connectivity index is -0.000000295. The fourth-order valence-corrected chi connectivity index (χ4v) is 1.36. The summed E-state index contributed by atoms with van der Waals surface area (Å²) in [5.41, 5.74) is 0. The van der Waals surface area contributed by atoms with Crippen LogP contribution in [0.1, 0.15) is 0 Å². The zero-order valence-corrected chi connectivity index (χ0v) is 17.6. The van der Waals surface area contributed by atoms with Crippen molar-refractivity contribution in [3.8, 4) is 0 Å². The molecule has 2 atom stereocenters. The van der Waals surface area contributed by atoms with E-state index >= 15 is 0 Å². The number of hydrogen-bond acceptors (Lipinski definition) is 8. The summed E-state index contributed by atoms with van der Waals surface area (Å²) < 4.78 is 35.8. The van der Waals surface area contributed by atoms with E-state index in [2.05, 4.69) is 18.1 Å². The first-order chi connectivity index (χ1) is 8.95. The third kappa shape index (κ3) is 21.8. The number of halogens is 4. The van der Waals surface area contributed by atoms with Gasteiger partial charge >= 0.3 is 53.4 Å². The first-order valence-electron chi connectivity index (χ1n) is 4.08. The zero-order valence-electron chi connectivity index (χ0n) is 10.5. The van der Waals surface area contributed by atoms with E-state index in [4.69, 9.17) is 46.4 Å². The molecule has 0 aliphatic rings. The van der Waals surface area contributed by atoms with Crippen LogP contribution in [0.25, 0.3) is 0 Å². The van der Waals surface area contributed by atoms with E-state index in [0.29, 0.717) is 12.5 Å². The van der Waals surface area contributed by atoms with Gasteiger partial charge in [-0.15, -0.1) is 0 Å². The topological polar surface area (TPSA) is 117 Å². The molecule has 0 rings (SSSR count). The summed E-state index contributed by atoms with van der Waals surface area (Å²) in [5.74, 6) is 0. The molecule has 0 bridgehead atoms. The Morgan fingerprint density at radius 1 is 0.857 bits per heavy atom. The van der Waals surface area contributed by atoms with Gasteiger partial charge in [0.05, 0.1) is 0 Å². The van der Waals surface area contributed by atoms with Crippen LogP contribution in [0.2, 0.25) is 0 Å². The van der Waals surface area contributed by atoms with Crippen molar-refractivity contribution in [2.24, 2.45) is 0 Å². The van der Waals surface area contributed by atoms with Crippen molar-refractivity contribution < 1.29 is 37.0 Å². The van der Waals surface area contributed by atoms with E-state index in [1.54, 1.807) is 0 Å². The maximum atomic E-state index is 10.3. The smallest absolute Gasteiger partial charge is 0.746 e. The van der Waals surface area contributed by atoms with E-state index in [1.807, 2.05) is 0 Å². The summed E-state index contributed by atoms with van der Waals surface area (Å²) in [4.78, 5) is 20.7. The van der Waals surface area contributed by atoms with E-state index in [9.17, 15) is 18.9 Å². The summed E-state index contributed by atoms with van der Waals surface area (Å²) in [5, 5.41) is 0. The molecule has 21 heavy (non-hydrogen) atoms. The van der Waals surface area contributed by atoms with Crippen molar-refractivity contribution >= 4 is 99.8 Å². The Morgan fingerprint density at radius 3 is 1.24 bits per heavy atom. The van der Waals surface area contributed by atoms with Gasteiger partial charge in [-0.05, 0) is 0 Å². The summed E-state index contributed by atoms with van der Waals surface area (Å²) in [6.07, 6.45) is 1.31. The molecule has 0 aromatic rings. The van der Waals surface area contributed by atoms with Crippen molar-refractivity contribution in [3.05, 3.63) is 21.5 Å². The monoisotopic (exact) mass is 450 g/mol. The van der Waals surface area contributed by atoms with Crippen molar-refractivity contribution in [3.63, 3.8) is 0 Å². The summed E-state index contributed by atoms with van der Waals surface area (Å²) in [6.45, 7) is 0. The Kier molecular flexibility index (Phi) is 18.6. The Bertz CT molecular complexity index is 396. The van der Waals surface area contributed by atoms with Crippen molar-refractivity contribution in [1.82, 2.24) is 0 Å². The minimum absolute atomic E-state index is 0. The molecule has 0 radical (unpaired) electrons. The Hall–Kier alpha value is 1.80. The second kappa shape index (κ2) is 14.2. The standard InChI is InChI=1S/2C3H5Cl2O4P.Ca/c2*1-8-10(6,7)9-2-3(4)5;/h2*2H,1H3,(H,6,7);/q;;+2/p-2. The van der Waals surface area contributed by atoms with Crippen molar-refractivity contribution in [2.45, 2.75) is 0 Å². The van der Waals surface area contributed by atoms with E-state index in [-0.39, 0.29) is 46.7 Å². The van der Waals surface area contributed by atoms with E-state index < -0.39 is 15.6 Å². The molecule has 0 heterocycles. The van der Waals surface area contributed by atoms with Crippen LogP contribution < -0.4 is 9.79 Å². The van der Waals surface area contributed by atoms with Crippen molar-refractivity contribution in [2.75, 3.05) is 14.2 Å². The summed E-state index contributed by atoms with van der Waals surface area (Å²) in [6, 6.07) is 0. The Morgan fingerprint density at radius 2 is 1.10 bits per heavy atom. The SMILES string of the molecule is COP(=O)([O-])OC=C(Cl)Cl.COP(=O)([O-])OC=C(Cl)Cl.[Ca+2]. The maximum absolute atomic E-state index is 10.3. The van der Waals surface area contributed by atoms with E-state index in [0.717, 1.165) is 14.2 Å². The van der Waals surface area contributed by atoms with Gasteiger partial charge in [-0.2, -0.15) is 0 Å². The van der Waals surface area contributed by atoms with Crippen LogP contribution >= 0.6 is 62.0 Å². The van der Waals surface area contributed by atoms with E-state index in [1.165, 1.54) is 0 Å². The third-order valence-corrected chi connectivity index (χ3v) is 2.97. The molecule has 0 aliphatic carbocycles. The van der Waals surface area contributed by atoms with Crippen LogP contribution in [0.4, 0.5) is 0 Å². The van der Waals surface area contributed by atoms with Crippen LogP contribution in [0.15, 0.2) is 21.5 Å². The minimum atomic E-state index is -4.22. The van der Waals surface area contributed by atoms with Crippen LogP contribution in [0.5, 0.6) is 0 Å². The summed E-state index contributed by atoms with van der Waals surface area (Å²) in [7, 11) is -6.52.